The van der Waals surface area contributed by atoms with Crippen LogP contribution in [0.5, 0.6) is 0 Å². The van der Waals surface area contributed by atoms with E-state index >= 15 is 0 Å². The van der Waals surface area contributed by atoms with Gasteiger partial charge in [0.1, 0.15) is 10.6 Å². The molecule has 11 heteroatoms. The van der Waals surface area contributed by atoms with E-state index in [1.165, 1.54) is 27.3 Å². The first-order chi connectivity index (χ1) is 18.2. The highest BCUT2D eigenvalue weighted by Gasteiger charge is 2.24. The number of amides is 1. The molecular weight excluding hydrogens is 629 g/mol. The summed E-state index contributed by atoms with van der Waals surface area (Å²) in [7, 11) is 2.88. The highest BCUT2D eigenvalue weighted by molar-refractivity contribution is 14.2. The van der Waals surface area contributed by atoms with E-state index < -0.39 is 5.54 Å². The number of nitrogens with zero attached hydrogens (tertiary/aromatic N) is 3. The van der Waals surface area contributed by atoms with E-state index in [2.05, 4.69) is 70.6 Å². The predicted octanol–water partition coefficient (Wildman–Crippen LogP) is 4.51. The monoisotopic (exact) mass is 655 g/mol. The van der Waals surface area contributed by atoms with Gasteiger partial charge in [-0.3, -0.25) is 4.79 Å². The summed E-state index contributed by atoms with van der Waals surface area (Å²) in [6.45, 7) is 6.30. The zero-order valence-electron chi connectivity index (χ0n) is 21.3. The average Bonchev–Trinajstić information content (AvgIpc) is 3.22. The van der Waals surface area contributed by atoms with E-state index in [0.29, 0.717) is 34.3 Å². The molecule has 1 atom stereocenters. The van der Waals surface area contributed by atoms with Gasteiger partial charge in [0.15, 0.2) is 0 Å². The maximum atomic E-state index is 12.7. The second kappa shape index (κ2) is 11.8. The Morgan fingerprint density at radius 1 is 1.13 bits per heavy atom. The number of anilines is 1. The molecule has 0 unspecified atom stereocenters. The van der Waals surface area contributed by atoms with Crippen LogP contribution in [0.4, 0.5) is 5.69 Å². The van der Waals surface area contributed by atoms with Crippen molar-refractivity contribution in [3.8, 4) is 34.4 Å². The quantitative estimate of drug-likeness (QED) is 0.174. The molecule has 0 aliphatic carbocycles. The molecule has 0 bridgehead atoms. The average molecular weight is 656 g/mol. The van der Waals surface area contributed by atoms with Gasteiger partial charge >= 0.3 is 0 Å². The summed E-state index contributed by atoms with van der Waals surface area (Å²) in [5, 5.41) is 11.4. The Morgan fingerprint density at radius 2 is 1.92 bits per heavy atom. The summed E-state index contributed by atoms with van der Waals surface area (Å²) >= 11 is 3.61. The molecule has 1 aromatic carbocycles. The third-order valence-electron chi connectivity index (χ3n) is 5.39. The van der Waals surface area contributed by atoms with E-state index in [0.717, 1.165) is 26.7 Å². The minimum atomic E-state index is -0.670. The molecule has 8 nitrogen and oxygen atoms in total. The van der Waals surface area contributed by atoms with Crippen LogP contribution in [-0.4, -0.2) is 46.0 Å². The van der Waals surface area contributed by atoms with Gasteiger partial charge in [0.25, 0.3) is 5.91 Å². The van der Waals surface area contributed by atoms with Crippen molar-refractivity contribution < 1.29 is 4.79 Å². The van der Waals surface area contributed by atoms with E-state index in [-0.39, 0.29) is 11.9 Å². The lowest BCUT2D eigenvalue weighted by atomic mass is 10.1. The molecule has 6 N–H and O–H groups in total. The fraction of sp³-hybridized carbons (Fsp3) is 0.259. The number of fused-ring (bicyclic) bond motifs is 5. The number of pyridine rings is 1. The Balaban J connectivity index is 0.00000164. The van der Waals surface area contributed by atoms with Crippen LogP contribution in [0.1, 0.15) is 42.0 Å². The maximum absolute atomic E-state index is 12.7. The zero-order valence-corrected chi connectivity index (χ0v) is 25.1. The highest BCUT2D eigenvalue weighted by atomic mass is 127. The standard InChI is InChI=1S/C26H21IN6OS2.CH5N/c1-14-13-29-23-22-16-4-5-18(32-17(16)6-7-20(22)36-24(23)25(34)30-14)19-12-15(9-11-35-27)31-21(33-19)8-10-26(2,3)28;1-2/h4-7,12,14,29H,13,28H2,1-3H3,(H,30,34);2H2,1H3/t14-;/m1./s1. The number of halogens is 1. The van der Waals surface area contributed by atoms with Crippen LogP contribution in [0, 0.1) is 23.0 Å². The van der Waals surface area contributed by atoms with Crippen molar-refractivity contribution in [3.05, 3.63) is 46.7 Å². The summed E-state index contributed by atoms with van der Waals surface area (Å²) in [6.07, 6.45) is 0. The van der Waals surface area contributed by atoms with Gasteiger partial charge in [-0.2, -0.15) is 0 Å². The summed E-state index contributed by atoms with van der Waals surface area (Å²) in [5.74, 6) is 9.28. The van der Waals surface area contributed by atoms with Crippen LogP contribution in [-0.2, 0) is 0 Å². The van der Waals surface area contributed by atoms with Crippen molar-refractivity contribution in [1.29, 1.82) is 0 Å². The van der Waals surface area contributed by atoms with Crippen LogP contribution in [0.3, 0.4) is 0 Å². The molecule has 4 heterocycles. The number of nitrogens with two attached hydrogens (primary N) is 2. The van der Waals surface area contributed by atoms with E-state index in [4.69, 9.17) is 10.7 Å². The Hall–Kier alpha value is -2.94. The van der Waals surface area contributed by atoms with Crippen molar-refractivity contribution in [3.63, 3.8) is 0 Å². The van der Waals surface area contributed by atoms with Gasteiger partial charge in [0, 0.05) is 55.3 Å². The van der Waals surface area contributed by atoms with E-state index in [1.54, 1.807) is 0 Å². The first kappa shape index (κ1) is 28.1. The summed E-state index contributed by atoms with van der Waals surface area (Å²) in [5.41, 5.74) is 13.4. The molecule has 5 rings (SSSR count). The summed E-state index contributed by atoms with van der Waals surface area (Å²) < 4.78 is 1.04. The third-order valence-corrected chi connectivity index (χ3v) is 7.39. The summed E-state index contributed by atoms with van der Waals surface area (Å²) in [6, 6.07) is 9.82. The second-order valence-corrected chi connectivity index (χ2v) is 11.7. The lowest BCUT2D eigenvalue weighted by Gasteiger charge is -2.10. The number of rotatable bonds is 1. The number of thiophene rings is 1. The molecule has 0 spiro atoms. The molecular formula is C27H26IN7OS2. The first-order valence-electron chi connectivity index (χ1n) is 11.7. The molecule has 194 valence electrons. The van der Waals surface area contributed by atoms with Crippen LogP contribution < -0.4 is 22.1 Å². The lowest BCUT2D eigenvalue weighted by molar-refractivity contribution is 0.0949. The minimum Gasteiger partial charge on any atom is -0.381 e. The van der Waals surface area contributed by atoms with Crippen molar-refractivity contribution >= 4 is 74.1 Å². The summed E-state index contributed by atoms with van der Waals surface area (Å²) in [4.78, 5) is 27.4. The molecule has 1 aliphatic heterocycles. The van der Waals surface area contributed by atoms with Crippen molar-refractivity contribution in [1.82, 2.24) is 20.3 Å². The molecule has 3 aromatic heterocycles. The first-order valence-corrected chi connectivity index (χ1v) is 15.9. The fourth-order valence-electron chi connectivity index (χ4n) is 3.86. The Kier molecular flexibility index (Phi) is 8.75. The molecule has 0 fully saturated rings. The van der Waals surface area contributed by atoms with Crippen LogP contribution >= 0.6 is 41.5 Å². The van der Waals surface area contributed by atoms with Gasteiger partial charge in [-0.05, 0) is 78.1 Å². The van der Waals surface area contributed by atoms with Crippen molar-refractivity contribution in [2.75, 3.05) is 18.9 Å². The largest absolute Gasteiger partial charge is 0.381 e. The minimum absolute atomic E-state index is 0.0463. The lowest BCUT2D eigenvalue weighted by Crippen LogP contribution is -2.34. The van der Waals surface area contributed by atoms with E-state index in [9.17, 15) is 4.79 Å². The number of hydrogen-bond acceptors (Lipinski definition) is 9. The molecule has 0 radical (unpaired) electrons. The molecule has 0 saturated carbocycles. The van der Waals surface area contributed by atoms with Gasteiger partial charge in [-0.25, -0.2) is 15.0 Å². The van der Waals surface area contributed by atoms with E-state index in [1.807, 2.05) is 51.1 Å². The topological polar surface area (TPSA) is 132 Å². The maximum Gasteiger partial charge on any atom is 0.263 e. The number of hydrogen-bond donors (Lipinski definition) is 4. The predicted molar refractivity (Wildman–Crippen MR) is 167 cm³/mol. The third kappa shape index (κ3) is 6.20. The number of carbonyl (C=O) groups excluding carboxylic acids is 1. The molecule has 38 heavy (non-hydrogen) atoms. The number of nitrogens with one attached hydrogen (secondary N) is 2. The van der Waals surface area contributed by atoms with Crippen molar-refractivity contribution in [2.24, 2.45) is 11.5 Å². The fourth-order valence-corrected chi connectivity index (χ4v) is 5.43. The number of carbonyl (C=O) groups is 1. The van der Waals surface area contributed by atoms with Gasteiger partial charge in [0.05, 0.1) is 28.1 Å². The molecule has 0 saturated heterocycles. The molecule has 1 aliphatic rings. The van der Waals surface area contributed by atoms with Crippen LogP contribution in [0.25, 0.3) is 32.4 Å². The van der Waals surface area contributed by atoms with Crippen LogP contribution in [0.2, 0.25) is 0 Å². The second-order valence-electron chi connectivity index (χ2n) is 9.00. The molecule has 1 amide bonds. The van der Waals surface area contributed by atoms with Gasteiger partial charge in [0.2, 0.25) is 5.82 Å². The Morgan fingerprint density at radius 3 is 2.66 bits per heavy atom. The number of benzene rings is 1. The van der Waals surface area contributed by atoms with Crippen LogP contribution in [0.15, 0.2) is 30.3 Å². The Labute approximate surface area is 241 Å². The molecule has 4 aromatic rings. The SMILES string of the molecule is CN.C[C@@H]1CNc2c(sc3ccc4nc(-c5cc(C#CSI)nc(C#CC(C)(C)N)n5)ccc4c23)C(=O)N1. The Bertz CT molecular complexity index is 1660. The highest BCUT2D eigenvalue weighted by Crippen LogP contribution is 2.41. The van der Waals surface area contributed by atoms with Gasteiger partial charge < -0.3 is 22.1 Å². The van der Waals surface area contributed by atoms with Gasteiger partial charge in [-0.15, -0.1) is 11.3 Å². The van der Waals surface area contributed by atoms with Gasteiger partial charge in [-0.1, -0.05) is 5.92 Å². The smallest absolute Gasteiger partial charge is 0.263 e. The normalized spacial score (nSPS) is 14.5. The van der Waals surface area contributed by atoms with Crippen molar-refractivity contribution in [2.45, 2.75) is 32.4 Å². The zero-order chi connectivity index (χ0) is 27.4. The number of aromatic nitrogens is 3.